The SMILES string of the molecule is CCn1cc[n+](C)c1.CCn1cc[n+](C)c1.CCn1cc[n+](C)c1.O=S(=O)([O-])c1ccc2c(S(=O)(=O)[O-])cc(S(=O)(=O)[O-])cc2c1. The van der Waals surface area contributed by atoms with Gasteiger partial charge in [-0.3, -0.25) is 0 Å². The fourth-order valence-corrected chi connectivity index (χ4v) is 5.70. The lowest BCUT2D eigenvalue weighted by atomic mass is 10.1. The Morgan fingerprint density at radius 2 is 0.935 bits per heavy atom. The molecule has 0 spiro atoms. The topological polar surface area (TPSA) is 198 Å². The van der Waals surface area contributed by atoms with Gasteiger partial charge >= 0.3 is 0 Å². The first-order valence-electron chi connectivity index (χ1n) is 13.8. The highest BCUT2D eigenvalue weighted by atomic mass is 32.2. The molecule has 252 valence electrons. The van der Waals surface area contributed by atoms with Crippen molar-refractivity contribution in [1.29, 1.82) is 0 Å². The van der Waals surface area contributed by atoms with Crippen LogP contribution in [0.3, 0.4) is 0 Å². The van der Waals surface area contributed by atoms with Crippen LogP contribution in [0, 0.1) is 0 Å². The minimum atomic E-state index is -5.14. The zero-order valence-corrected chi connectivity index (χ0v) is 28.7. The molecule has 0 amide bonds. The van der Waals surface area contributed by atoms with Gasteiger partial charge in [0.25, 0.3) is 0 Å². The molecule has 0 aliphatic carbocycles. The second kappa shape index (κ2) is 16.1. The lowest BCUT2D eigenvalue weighted by Gasteiger charge is -2.16. The van der Waals surface area contributed by atoms with Crippen LogP contribution < -0.4 is 13.7 Å². The van der Waals surface area contributed by atoms with E-state index in [0.29, 0.717) is 18.2 Å². The maximum absolute atomic E-state index is 11.2. The van der Waals surface area contributed by atoms with Crippen LogP contribution in [0.1, 0.15) is 20.8 Å². The van der Waals surface area contributed by atoms with Crippen LogP contribution in [0.4, 0.5) is 0 Å². The Hall–Kier alpha value is -3.94. The maximum atomic E-state index is 11.2. The van der Waals surface area contributed by atoms with Crippen molar-refractivity contribution in [2.45, 2.75) is 55.1 Å². The van der Waals surface area contributed by atoms with Crippen molar-refractivity contribution in [2.24, 2.45) is 21.1 Å². The number of aromatic nitrogens is 6. The first-order valence-corrected chi connectivity index (χ1v) is 18.0. The molecule has 2 aromatic carbocycles. The Morgan fingerprint density at radius 1 is 0.565 bits per heavy atom. The van der Waals surface area contributed by atoms with Crippen LogP contribution in [-0.2, 0) is 71.1 Å². The van der Waals surface area contributed by atoms with Gasteiger partial charge in [-0.25, -0.2) is 52.7 Å². The molecule has 0 fully saturated rings. The number of nitrogens with zero attached hydrogens (tertiary/aromatic N) is 6. The standard InChI is InChI=1S/C10H8O9S3.3C6H11N2/c11-20(12,13)7-1-2-9-6(3-7)4-8(21(14,15)16)5-10(9)22(17,18)19;3*1-3-8-5-4-7(2)6-8/h1-5H,(H,11,12,13)(H,14,15,16)(H,17,18,19);3*4-6H,3H2,1-2H3/q;3*+1/p-3. The summed E-state index contributed by atoms with van der Waals surface area (Å²) < 4.78 is 112. The Balaban J connectivity index is 0.000000249. The minimum Gasteiger partial charge on any atom is -0.744 e. The summed E-state index contributed by atoms with van der Waals surface area (Å²) in [5, 5.41) is -0.668. The van der Waals surface area contributed by atoms with E-state index < -0.39 is 45.0 Å². The summed E-state index contributed by atoms with van der Waals surface area (Å²) >= 11 is 0. The second-order valence-corrected chi connectivity index (χ2v) is 14.0. The van der Waals surface area contributed by atoms with E-state index in [0.717, 1.165) is 31.8 Å². The Morgan fingerprint density at radius 3 is 1.20 bits per heavy atom. The number of rotatable bonds is 6. The summed E-state index contributed by atoms with van der Waals surface area (Å²) in [5.74, 6) is 0. The number of fused-ring (bicyclic) bond motifs is 1. The fourth-order valence-electron chi connectivity index (χ4n) is 3.86. The van der Waals surface area contributed by atoms with E-state index in [-0.39, 0.29) is 10.8 Å². The van der Waals surface area contributed by atoms with E-state index in [1.807, 2.05) is 53.4 Å². The van der Waals surface area contributed by atoms with Gasteiger partial charge in [0.2, 0.25) is 19.0 Å². The van der Waals surface area contributed by atoms with Gasteiger partial charge in [-0.2, -0.15) is 0 Å². The third-order valence-electron chi connectivity index (χ3n) is 6.27. The van der Waals surface area contributed by atoms with Gasteiger partial charge in [-0.15, -0.1) is 0 Å². The van der Waals surface area contributed by atoms with Gasteiger partial charge in [-0.1, -0.05) is 6.07 Å². The predicted octanol–water partition coefficient (Wildman–Crippen LogP) is 0.550. The average Bonchev–Trinajstić information content (AvgIpc) is 3.72. The molecule has 5 rings (SSSR count). The number of aryl methyl sites for hydroxylation is 6. The van der Waals surface area contributed by atoms with Crippen LogP contribution >= 0.6 is 0 Å². The van der Waals surface area contributed by atoms with Crippen molar-refractivity contribution < 1.29 is 52.6 Å². The van der Waals surface area contributed by atoms with E-state index in [9.17, 15) is 38.9 Å². The molecular weight excluding hydrogens is 661 g/mol. The van der Waals surface area contributed by atoms with Crippen LogP contribution in [-0.4, -0.2) is 52.6 Å². The molecule has 0 unspecified atom stereocenters. The van der Waals surface area contributed by atoms with Gasteiger partial charge < -0.3 is 13.7 Å². The molecule has 0 saturated heterocycles. The summed E-state index contributed by atoms with van der Waals surface area (Å²) in [7, 11) is -9.08. The Bertz CT molecular complexity index is 1980. The minimum absolute atomic E-state index is 0.310. The zero-order valence-electron chi connectivity index (χ0n) is 26.3. The van der Waals surface area contributed by atoms with Crippen molar-refractivity contribution in [2.75, 3.05) is 0 Å². The molecule has 3 aromatic heterocycles. The number of hydrogen-bond donors (Lipinski definition) is 0. The highest BCUT2D eigenvalue weighted by molar-refractivity contribution is 7.86. The molecule has 0 N–H and O–H groups in total. The van der Waals surface area contributed by atoms with Crippen LogP contribution in [0.2, 0.25) is 0 Å². The van der Waals surface area contributed by atoms with Gasteiger partial charge in [0.15, 0.2) is 0 Å². The third kappa shape index (κ3) is 11.8. The summed E-state index contributed by atoms with van der Waals surface area (Å²) in [6.45, 7) is 9.54. The normalized spacial score (nSPS) is 11.5. The van der Waals surface area contributed by atoms with Crippen molar-refractivity contribution in [3.05, 3.63) is 86.5 Å². The van der Waals surface area contributed by atoms with E-state index in [1.165, 1.54) is 0 Å². The molecule has 0 bridgehead atoms. The fraction of sp³-hybridized carbons (Fsp3) is 0.321. The smallest absolute Gasteiger partial charge is 0.243 e. The highest BCUT2D eigenvalue weighted by Gasteiger charge is 2.14. The summed E-state index contributed by atoms with van der Waals surface area (Å²) in [5.41, 5.74) is 0. The van der Waals surface area contributed by atoms with E-state index in [4.69, 9.17) is 0 Å². The van der Waals surface area contributed by atoms with Gasteiger partial charge in [0, 0.05) is 0 Å². The first-order chi connectivity index (χ1) is 21.3. The molecule has 46 heavy (non-hydrogen) atoms. The predicted molar refractivity (Wildman–Crippen MR) is 162 cm³/mol. The van der Waals surface area contributed by atoms with Crippen LogP contribution in [0.5, 0.6) is 0 Å². The molecule has 5 aromatic rings. The number of benzene rings is 2. The van der Waals surface area contributed by atoms with Gasteiger partial charge in [-0.05, 0) is 55.8 Å². The van der Waals surface area contributed by atoms with Crippen molar-refractivity contribution >= 4 is 41.1 Å². The van der Waals surface area contributed by atoms with Crippen molar-refractivity contribution in [3.63, 3.8) is 0 Å². The molecule has 0 aliphatic rings. The molecular formula is C28H38N6O9S3. The van der Waals surface area contributed by atoms with Gasteiger partial charge in [0.05, 0.1) is 55.5 Å². The molecule has 3 heterocycles. The van der Waals surface area contributed by atoms with Crippen molar-refractivity contribution in [3.8, 4) is 0 Å². The third-order valence-corrected chi connectivity index (χ3v) is 8.79. The maximum Gasteiger partial charge on any atom is 0.243 e. The summed E-state index contributed by atoms with van der Waals surface area (Å²) in [6.07, 6.45) is 18.4. The van der Waals surface area contributed by atoms with E-state index in [1.54, 1.807) is 0 Å². The molecule has 0 radical (unpaired) electrons. The molecule has 0 aliphatic heterocycles. The van der Waals surface area contributed by atoms with Crippen LogP contribution in [0.25, 0.3) is 10.8 Å². The summed E-state index contributed by atoms with van der Waals surface area (Å²) in [4.78, 5) is -2.81. The lowest BCUT2D eigenvalue weighted by molar-refractivity contribution is -0.671. The zero-order chi connectivity index (χ0) is 34.9. The monoisotopic (exact) mass is 698 g/mol. The lowest BCUT2D eigenvalue weighted by Crippen LogP contribution is -2.23. The second-order valence-electron chi connectivity index (χ2n) is 9.90. The molecule has 18 heteroatoms. The first kappa shape index (κ1) is 38.2. The Kier molecular flexibility index (Phi) is 13.3. The van der Waals surface area contributed by atoms with Gasteiger partial charge in [0.1, 0.15) is 67.5 Å². The molecule has 0 atom stereocenters. The number of hydrogen-bond acceptors (Lipinski definition) is 9. The quantitative estimate of drug-likeness (QED) is 0.180. The largest absolute Gasteiger partial charge is 0.744 e. The molecule has 0 saturated carbocycles. The highest BCUT2D eigenvalue weighted by Crippen LogP contribution is 2.29. The summed E-state index contributed by atoms with van der Waals surface area (Å²) in [6, 6.07) is 3.39. The van der Waals surface area contributed by atoms with Crippen LogP contribution in [0.15, 0.2) is 101 Å². The van der Waals surface area contributed by atoms with E-state index >= 15 is 0 Å². The number of imidazole rings is 3. The van der Waals surface area contributed by atoms with E-state index in [2.05, 4.69) is 72.0 Å². The average molecular weight is 699 g/mol. The van der Waals surface area contributed by atoms with Crippen molar-refractivity contribution in [1.82, 2.24) is 13.7 Å². The molecule has 15 nitrogen and oxygen atoms in total. The Labute approximate surface area is 269 Å².